The fourth-order valence-electron chi connectivity index (χ4n) is 2.40. The van der Waals surface area contributed by atoms with Gasteiger partial charge >= 0.3 is 0 Å². The van der Waals surface area contributed by atoms with Crippen molar-refractivity contribution in [3.8, 4) is 11.3 Å². The zero-order valence-electron chi connectivity index (χ0n) is 10.3. The molecule has 2 N–H and O–H groups in total. The molecule has 0 aliphatic heterocycles. The smallest absolute Gasteiger partial charge is 0.144 e. The Kier molecular flexibility index (Phi) is 1.84. The van der Waals surface area contributed by atoms with E-state index in [-0.39, 0.29) is 0 Å². The Morgan fingerprint density at radius 3 is 2.79 bits per heavy atom. The van der Waals surface area contributed by atoms with E-state index >= 15 is 0 Å². The number of nitrogens with zero attached hydrogens (tertiary/aromatic N) is 2. The van der Waals surface area contributed by atoms with Crippen molar-refractivity contribution in [3.63, 3.8) is 0 Å². The van der Waals surface area contributed by atoms with Gasteiger partial charge in [-0.2, -0.15) is 5.10 Å². The quantitative estimate of drug-likeness (QED) is 0.565. The molecule has 0 spiro atoms. The number of hydrogen-bond donors (Lipinski definition) is 1. The summed E-state index contributed by atoms with van der Waals surface area (Å²) in [5.74, 6) is 0.607. The van der Waals surface area contributed by atoms with Crippen LogP contribution in [0, 0.1) is 0 Å². The number of fused-ring (bicyclic) bond motifs is 2. The molecule has 5 heteroatoms. The number of aromatic nitrogens is 2. The van der Waals surface area contributed by atoms with E-state index < -0.39 is 0 Å². The molecule has 0 aliphatic carbocycles. The van der Waals surface area contributed by atoms with E-state index in [1.807, 2.05) is 31.3 Å². The molecule has 0 radical (unpaired) electrons. The van der Waals surface area contributed by atoms with Crippen LogP contribution < -0.4 is 5.73 Å². The molecule has 19 heavy (non-hydrogen) atoms. The van der Waals surface area contributed by atoms with Crippen LogP contribution in [0.4, 0.5) is 5.82 Å². The molecule has 0 saturated heterocycles. The number of aryl methyl sites for hydroxylation is 1. The topological polar surface area (TPSA) is 70.1 Å². The summed E-state index contributed by atoms with van der Waals surface area (Å²) in [4.78, 5) is 0. The Morgan fingerprint density at radius 1 is 1.16 bits per heavy atom. The highest BCUT2D eigenvalue weighted by Gasteiger charge is 2.17. The minimum atomic E-state index is 0.607. The van der Waals surface area contributed by atoms with Gasteiger partial charge in [0.1, 0.15) is 17.0 Å². The average Bonchev–Trinajstić information content (AvgIpc) is 3.07. The average molecular weight is 253 g/mol. The lowest BCUT2D eigenvalue weighted by Gasteiger charge is -2.00. The van der Waals surface area contributed by atoms with Crippen molar-refractivity contribution in [2.45, 2.75) is 0 Å². The third-order valence-corrected chi connectivity index (χ3v) is 3.35. The maximum absolute atomic E-state index is 5.86. The number of nitrogen functional groups attached to an aromatic ring is 1. The van der Waals surface area contributed by atoms with E-state index in [1.54, 1.807) is 17.2 Å². The molecule has 0 fully saturated rings. The van der Waals surface area contributed by atoms with Gasteiger partial charge in [0.15, 0.2) is 0 Å². The lowest BCUT2D eigenvalue weighted by molar-refractivity contribution is 0.612. The molecule has 4 rings (SSSR count). The van der Waals surface area contributed by atoms with Gasteiger partial charge in [-0.25, -0.2) is 0 Å². The van der Waals surface area contributed by atoms with Crippen LogP contribution in [0.25, 0.3) is 33.2 Å². The van der Waals surface area contributed by atoms with Gasteiger partial charge in [-0.1, -0.05) is 0 Å². The number of nitrogens with two attached hydrogens (primary N) is 1. The van der Waals surface area contributed by atoms with Crippen LogP contribution in [0.3, 0.4) is 0 Å². The molecular weight excluding hydrogens is 242 g/mol. The van der Waals surface area contributed by atoms with Gasteiger partial charge in [-0.05, 0) is 18.2 Å². The lowest BCUT2D eigenvalue weighted by atomic mass is 10.0. The summed E-state index contributed by atoms with van der Waals surface area (Å²) in [6.07, 6.45) is 3.33. The van der Waals surface area contributed by atoms with E-state index in [0.717, 1.165) is 33.2 Å². The Balaban J connectivity index is 2.19. The first-order valence-corrected chi connectivity index (χ1v) is 5.91. The van der Waals surface area contributed by atoms with Crippen LogP contribution in [-0.2, 0) is 7.05 Å². The number of anilines is 1. The summed E-state index contributed by atoms with van der Waals surface area (Å²) in [6.45, 7) is 0. The van der Waals surface area contributed by atoms with Gasteiger partial charge in [0, 0.05) is 23.9 Å². The predicted octanol–water partition coefficient (Wildman–Crippen LogP) is 3.16. The summed E-state index contributed by atoms with van der Waals surface area (Å²) >= 11 is 0. The first-order valence-electron chi connectivity index (χ1n) is 5.91. The molecule has 0 atom stereocenters. The minimum absolute atomic E-state index is 0.607. The normalized spacial score (nSPS) is 11.6. The highest BCUT2D eigenvalue weighted by Crippen LogP contribution is 2.37. The molecule has 0 aliphatic rings. The maximum Gasteiger partial charge on any atom is 0.144 e. The van der Waals surface area contributed by atoms with Crippen LogP contribution in [-0.4, -0.2) is 9.78 Å². The van der Waals surface area contributed by atoms with Crippen LogP contribution in [0.1, 0.15) is 0 Å². The van der Waals surface area contributed by atoms with Crippen molar-refractivity contribution < 1.29 is 8.83 Å². The highest BCUT2D eigenvalue weighted by atomic mass is 16.3. The SMILES string of the molecule is Cn1nc(-c2c3ccoc3cc3ccoc23)cc1N. The zero-order valence-corrected chi connectivity index (χ0v) is 10.3. The maximum atomic E-state index is 5.86. The molecule has 0 saturated carbocycles. The van der Waals surface area contributed by atoms with Crippen LogP contribution in [0.2, 0.25) is 0 Å². The number of benzene rings is 1. The Labute approximate surface area is 108 Å². The van der Waals surface area contributed by atoms with Crippen molar-refractivity contribution in [3.05, 3.63) is 36.8 Å². The molecule has 4 aromatic rings. The van der Waals surface area contributed by atoms with E-state index in [9.17, 15) is 0 Å². The fraction of sp³-hybridized carbons (Fsp3) is 0.0714. The standard InChI is InChI=1S/C14H11N3O2/c1-17-12(15)7-10(16-17)13-9-3-5-18-11(9)6-8-2-4-19-14(8)13/h2-7H,15H2,1H3. The summed E-state index contributed by atoms with van der Waals surface area (Å²) < 4.78 is 12.7. The van der Waals surface area contributed by atoms with Crippen molar-refractivity contribution in [2.75, 3.05) is 5.73 Å². The molecule has 5 nitrogen and oxygen atoms in total. The number of rotatable bonds is 1. The van der Waals surface area contributed by atoms with Crippen molar-refractivity contribution in [1.82, 2.24) is 9.78 Å². The molecule has 0 bridgehead atoms. The Bertz CT molecular complexity index is 830. The van der Waals surface area contributed by atoms with Crippen molar-refractivity contribution >= 4 is 27.8 Å². The van der Waals surface area contributed by atoms with Crippen LogP contribution >= 0.6 is 0 Å². The van der Waals surface area contributed by atoms with E-state index in [0.29, 0.717) is 5.82 Å². The minimum Gasteiger partial charge on any atom is -0.464 e. The Morgan fingerprint density at radius 2 is 2.00 bits per heavy atom. The monoisotopic (exact) mass is 253 g/mol. The van der Waals surface area contributed by atoms with Gasteiger partial charge in [-0.15, -0.1) is 0 Å². The first kappa shape index (κ1) is 10.3. The summed E-state index contributed by atoms with van der Waals surface area (Å²) in [6, 6.07) is 7.62. The second kappa shape index (κ2) is 3.41. The Hall–Kier alpha value is -2.69. The fourth-order valence-corrected chi connectivity index (χ4v) is 2.40. The van der Waals surface area contributed by atoms with E-state index in [2.05, 4.69) is 5.10 Å². The van der Waals surface area contributed by atoms with Crippen molar-refractivity contribution in [1.29, 1.82) is 0 Å². The molecule has 3 heterocycles. The summed E-state index contributed by atoms with van der Waals surface area (Å²) in [5.41, 5.74) is 9.17. The molecule has 3 aromatic heterocycles. The molecular formula is C14H11N3O2. The molecule has 94 valence electrons. The first-order chi connectivity index (χ1) is 9.24. The molecule has 0 unspecified atom stereocenters. The molecule has 1 aromatic carbocycles. The summed E-state index contributed by atoms with van der Waals surface area (Å²) in [7, 11) is 1.81. The van der Waals surface area contributed by atoms with Gasteiger partial charge in [0.05, 0.1) is 23.8 Å². The van der Waals surface area contributed by atoms with E-state index in [1.165, 1.54) is 0 Å². The largest absolute Gasteiger partial charge is 0.464 e. The predicted molar refractivity (Wildman–Crippen MR) is 72.6 cm³/mol. The highest BCUT2D eigenvalue weighted by molar-refractivity contribution is 6.08. The van der Waals surface area contributed by atoms with Gasteiger partial charge < -0.3 is 14.6 Å². The van der Waals surface area contributed by atoms with Crippen LogP contribution in [0.5, 0.6) is 0 Å². The third kappa shape index (κ3) is 1.32. The summed E-state index contributed by atoms with van der Waals surface area (Å²) in [5, 5.41) is 6.39. The number of hydrogen-bond acceptors (Lipinski definition) is 4. The van der Waals surface area contributed by atoms with Crippen LogP contribution in [0.15, 0.2) is 45.6 Å². The van der Waals surface area contributed by atoms with E-state index in [4.69, 9.17) is 14.6 Å². The third-order valence-electron chi connectivity index (χ3n) is 3.35. The number of furan rings is 2. The lowest BCUT2D eigenvalue weighted by Crippen LogP contribution is -1.96. The zero-order chi connectivity index (χ0) is 13.0. The van der Waals surface area contributed by atoms with Gasteiger partial charge in [0.2, 0.25) is 0 Å². The van der Waals surface area contributed by atoms with Gasteiger partial charge in [0.25, 0.3) is 0 Å². The second-order valence-corrected chi connectivity index (χ2v) is 4.50. The van der Waals surface area contributed by atoms with Crippen molar-refractivity contribution in [2.24, 2.45) is 7.05 Å². The molecule has 0 amide bonds. The van der Waals surface area contributed by atoms with Gasteiger partial charge in [-0.3, -0.25) is 4.68 Å². The second-order valence-electron chi connectivity index (χ2n) is 4.50.